The van der Waals surface area contributed by atoms with E-state index in [9.17, 15) is 21.6 Å². The summed E-state index contributed by atoms with van der Waals surface area (Å²) < 4.78 is 71.4. The number of fused-ring (bicyclic) bond motifs is 1. The van der Waals surface area contributed by atoms with Crippen LogP contribution in [0.5, 0.6) is 11.5 Å². The monoisotopic (exact) mass is 536 g/mol. The van der Waals surface area contributed by atoms with Crippen LogP contribution < -0.4 is 8.92 Å². The summed E-state index contributed by atoms with van der Waals surface area (Å²) in [5.74, 6) is 0.338. The standard InChI is InChI=1S/C30H23F3O4S/c31-30(32,33)38(34,35)37-25-14-11-23(12-15-25)29-27(22-9-5-2-6-10-22)17-13-24-19-26(16-18-28(24)29)36-20-21-7-3-1-4-8-21/h1-12,14-16,18-19H,13,17,20H2. The van der Waals surface area contributed by atoms with Crippen LogP contribution in [0.2, 0.25) is 0 Å². The van der Waals surface area contributed by atoms with Gasteiger partial charge in [0.15, 0.2) is 0 Å². The second-order valence-corrected chi connectivity index (χ2v) is 10.4. The second-order valence-electron chi connectivity index (χ2n) is 8.82. The molecule has 0 radical (unpaired) electrons. The first-order chi connectivity index (χ1) is 18.2. The van der Waals surface area contributed by atoms with E-state index in [0.717, 1.165) is 57.6 Å². The van der Waals surface area contributed by atoms with Gasteiger partial charge in [-0.05, 0) is 76.1 Å². The fourth-order valence-corrected chi connectivity index (χ4v) is 4.97. The molecule has 0 spiro atoms. The van der Waals surface area contributed by atoms with Crippen LogP contribution in [0.1, 0.15) is 34.2 Å². The van der Waals surface area contributed by atoms with E-state index in [1.807, 2.05) is 78.9 Å². The molecule has 0 saturated heterocycles. The Bertz CT molecular complexity index is 1560. The van der Waals surface area contributed by atoms with E-state index >= 15 is 0 Å². The molecule has 4 aromatic rings. The number of hydrogen-bond donors (Lipinski definition) is 0. The number of halogens is 3. The lowest BCUT2D eigenvalue weighted by Gasteiger charge is -2.25. The van der Waals surface area contributed by atoms with Crippen molar-refractivity contribution in [3.63, 3.8) is 0 Å². The fraction of sp³-hybridized carbons (Fsp3) is 0.133. The van der Waals surface area contributed by atoms with Gasteiger partial charge in [-0.25, -0.2) is 0 Å². The molecule has 0 fully saturated rings. The average Bonchev–Trinajstić information content (AvgIpc) is 2.92. The third kappa shape index (κ3) is 5.45. The maximum Gasteiger partial charge on any atom is 0.534 e. The summed E-state index contributed by atoms with van der Waals surface area (Å²) >= 11 is 0. The highest BCUT2D eigenvalue weighted by atomic mass is 32.2. The number of hydrogen-bond acceptors (Lipinski definition) is 4. The number of alkyl halides is 3. The van der Waals surface area contributed by atoms with Crippen molar-refractivity contribution in [1.82, 2.24) is 0 Å². The number of ether oxygens (including phenoxy) is 1. The summed E-state index contributed by atoms with van der Waals surface area (Å²) in [6.07, 6.45) is 1.53. The van der Waals surface area contributed by atoms with Crippen molar-refractivity contribution in [2.75, 3.05) is 0 Å². The Hall–Kier alpha value is -4.04. The highest BCUT2D eigenvalue weighted by molar-refractivity contribution is 7.88. The van der Waals surface area contributed by atoms with Gasteiger partial charge in [-0.3, -0.25) is 0 Å². The summed E-state index contributed by atoms with van der Waals surface area (Å²) in [5.41, 5.74) is 1.43. The van der Waals surface area contributed by atoms with Crippen LogP contribution in [0.25, 0.3) is 11.1 Å². The second kappa shape index (κ2) is 10.4. The first-order valence-electron chi connectivity index (χ1n) is 11.9. The van der Waals surface area contributed by atoms with E-state index in [0.29, 0.717) is 6.61 Å². The molecule has 0 N–H and O–H groups in total. The smallest absolute Gasteiger partial charge is 0.489 e. The molecule has 0 heterocycles. The molecule has 0 bridgehead atoms. The topological polar surface area (TPSA) is 52.6 Å². The molecule has 5 rings (SSSR count). The van der Waals surface area contributed by atoms with Gasteiger partial charge in [0.1, 0.15) is 18.1 Å². The van der Waals surface area contributed by atoms with Gasteiger partial charge in [-0.15, -0.1) is 0 Å². The number of allylic oxidation sites excluding steroid dienone is 1. The first kappa shape index (κ1) is 25.6. The Balaban J connectivity index is 1.50. The molecule has 38 heavy (non-hydrogen) atoms. The molecule has 0 atom stereocenters. The minimum Gasteiger partial charge on any atom is -0.489 e. The summed E-state index contributed by atoms with van der Waals surface area (Å²) in [6.45, 7) is 0.444. The van der Waals surface area contributed by atoms with Crippen molar-refractivity contribution in [1.29, 1.82) is 0 Å². The largest absolute Gasteiger partial charge is 0.534 e. The molecule has 0 aromatic heterocycles. The van der Waals surface area contributed by atoms with Crippen LogP contribution in [0.4, 0.5) is 13.2 Å². The van der Waals surface area contributed by atoms with Crippen LogP contribution in [0.15, 0.2) is 103 Å². The van der Waals surface area contributed by atoms with Crippen molar-refractivity contribution >= 4 is 21.3 Å². The maximum atomic E-state index is 12.7. The van der Waals surface area contributed by atoms with Crippen molar-refractivity contribution < 1.29 is 30.5 Å². The minimum absolute atomic E-state index is 0.409. The Morgan fingerprint density at radius 3 is 2.00 bits per heavy atom. The summed E-state index contributed by atoms with van der Waals surface area (Å²) in [5, 5.41) is 0. The molecular weight excluding hydrogens is 513 g/mol. The van der Waals surface area contributed by atoms with Gasteiger partial charge >= 0.3 is 15.6 Å². The SMILES string of the molecule is O=S(=O)(Oc1ccc(C2=C(c3ccccc3)CCc3cc(OCc4ccccc4)ccc32)cc1)C(F)(F)F. The molecule has 4 aromatic carbocycles. The summed E-state index contributed by atoms with van der Waals surface area (Å²) in [6, 6.07) is 31.3. The zero-order valence-electron chi connectivity index (χ0n) is 20.1. The van der Waals surface area contributed by atoms with Gasteiger partial charge in [-0.1, -0.05) is 78.9 Å². The summed E-state index contributed by atoms with van der Waals surface area (Å²) in [4.78, 5) is 0. The molecular formula is C30H23F3O4S. The zero-order chi connectivity index (χ0) is 26.8. The molecule has 8 heteroatoms. The van der Waals surface area contributed by atoms with Gasteiger partial charge in [0.05, 0.1) is 0 Å². The van der Waals surface area contributed by atoms with E-state index in [4.69, 9.17) is 4.74 Å². The van der Waals surface area contributed by atoms with Crippen molar-refractivity contribution in [2.24, 2.45) is 0 Å². The van der Waals surface area contributed by atoms with Crippen LogP contribution in [0.3, 0.4) is 0 Å². The van der Waals surface area contributed by atoms with Crippen LogP contribution >= 0.6 is 0 Å². The fourth-order valence-electron chi connectivity index (χ4n) is 4.51. The quantitative estimate of drug-likeness (QED) is 0.182. The lowest BCUT2D eigenvalue weighted by Crippen LogP contribution is -2.28. The van der Waals surface area contributed by atoms with Crippen molar-refractivity contribution in [3.05, 3.63) is 131 Å². The Morgan fingerprint density at radius 2 is 1.34 bits per heavy atom. The molecule has 0 saturated carbocycles. The third-order valence-electron chi connectivity index (χ3n) is 6.30. The minimum atomic E-state index is -5.75. The molecule has 1 aliphatic carbocycles. The third-order valence-corrected chi connectivity index (χ3v) is 7.27. The molecule has 0 aliphatic heterocycles. The van der Waals surface area contributed by atoms with Crippen LogP contribution in [-0.4, -0.2) is 13.9 Å². The highest BCUT2D eigenvalue weighted by Gasteiger charge is 2.48. The lowest BCUT2D eigenvalue weighted by atomic mass is 9.79. The van der Waals surface area contributed by atoms with E-state index in [2.05, 4.69) is 4.18 Å². The first-order valence-corrected chi connectivity index (χ1v) is 13.3. The number of rotatable bonds is 7. The Kier molecular flexibility index (Phi) is 6.99. The van der Waals surface area contributed by atoms with E-state index in [1.165, 1.54) is 12.1 Å². The average molecular weight is 537 g/mol. The van der Waals surface area contributed by atoms with Gasteiger partial charge in [0, 0.05) is 0 Å². The predicted octanol–water partition coefficient (Wildman–Crippen LogP) is 7.40. The van der Waals surface area contributed by atoms with Gasteiger partial charge in [0.25, 0.3) is 0 Å². The normalized spacial score (nSPS) is 13.7. The predicted molar refractivity (Wildman–Crippen MR) is 140 cm³/mol. The molecule has 0 unspecified atom stereocenters. The van der Waals surface area contributed by atoms with E-state index in [-0.39, 0.29) is 0 Å². The van der Waals surface area contributed by atoms with Crippen LogP contribution in [-0.2, 0) is 23.1 Å². The van der Waals surface area contributed by atoms with Gasteiger partial charge in [-0.2, -0.15) is 21.6 Å². The van der Waals surface area contributed by atoms with E-state index < -0.39 is 21.4 Å². The van der Waals surface area contributed by atoms with Crippen LogP contribution in [0, 0.1) is 0 Å². The highest BCUT2D eigenvalue weighted by Crippen LogP contribution is 2.42. The van der Waals surface area contributed by atoms with Gasteiger partial charge in [0.2, 0.25) is 0 Å². The summed E-state index contributed by atoms with van der Waals surface area (Å²) in [7, 11) is -5.75. The molecule has 194 valence electrons. The maximum absolute atomic E-state index is 12.7. The number of aryl methyl sites for hydroxylation is 1. The Morgan fingerprint density at radius 1 is 0.711 bits per heavy atom. The molecule has 1 aliphatic rings. The van der Waals surface area contributed by atoms with Crippen molar-refractivity contribution in [3.8, 4) is 11.5 Å². The number of benzene rings is 4. The lowest BCUT2D eigenvalue weighted by molar-refractivity contribution is -0.0500. The Labute approximate surface area is 219 Å². The zero-order valence-corrected chi connectivity index (χ0v) is 20.9. The molecule has 4 nitrogen and oxygen atoms in total. The molecule has 0 amide bonds. The van der Waals surface area contributed by atoms with Gasteiger partial charge < -0.3 is 8.92 Å². The van der Waals surface area contributed by atoms with E-state index in [1.54, 1.807) is 12.1 Å². The van der Waals surface area contributed by atoms with Crippen molar-refractivity contribution in [2.45, 2.75) is 25.0 Å².